The van der Waals surface area contributed by atoms with E-state index < -0.39 is 76.1 Å². The molecule has 4 aliphatic rings. The minimum atomic E-state index is -1.94. The standard InChI is InChI=1S/C45H62N2O11/c1-27-21-35-43(55,37(27)50)25-29(26-48)22-33-36-42(3,4)45(36,38(51)28(2)44(33,35)56)58-41(54)47(6)20-16-14-12-10-8-7-9-11-13-15-19-46(5)39(52)32-23-30-17-18-31(49)24-34(30)57-40(32)53/h17-18,21-24,28,33,35-36,38,48-49,51,55-56H,7-16,19-20,25-26H2,1-6H3/t28-,33+,35-,36-,38-,43-,44-,45-/m1/s1. The van der Waals surface area contributed by atoms with Crippen LogP contribution in [-0.2, 0) is 9.53 Å². The van der Waals surface area contributed by atoms with Gasteiger partial charge in [-0.1, -0.05) is 84.3 Å². The number of fused-ring (bicyclic) bond motifs is 6. The molecule has 1 aromatic carbocycles. The van der Waals surface area contributed by atoms with E-state index in [2.05, 4.69) is 0 Å². The molecule has 4 aliphatic carbocycles. The molecule has 5 N–H and O–H groups in total. The number of ketones is 1. The van der Waals surface area contributed by atoms with Crippen molar-refractivity contribution in [3.8, 4) is 5.75 Å². The van der Waals surface area contributed by atoms with Gasteiger partial charge in [0.05, 0.1) is 12.2 Å². The second-order valence-electron chi connectivity index (χ2n) is 18.1. The van der Waals surface area contributed by atoms with E-state index in [4.69, 9.17) is 9.15 Å². The quantitative estimate of drug-likeness (QED) is 0.0817. The molecule has 318 valence electrons. The Hall–Kier alpha value is -4.04. The molecule has 0 radical (unpaired) electrons. The largest absolute Gasteiger partial charge is 0.508 e. The number of rotatable bonds is 16. The van der Waals surface area contributed by atoms with Gasteiger partial charge in [-0.15, -0.1) is 0 Å². The van der Waals surface area contributed by atoms with Gasteiger partial charge in [-0.3, -0.25) is 9.59 Å². The maximum atomic E-state index is 13.6. The third-order valence-electron chi connectivity index (χ3n) is 14.1. The molecular formula is C45H62N2O11. The zero-order valence-electron chi connectivity index (χ0n) is 34.8. The number of aliphatic hydroxyl groups is 4. The first kappa shape index (κ1) is 43.5. The summed E-state index contributed by atoms with van der Waals surface area (Å²) in [5, 5.41) is 56.6. The summed E-state index contributed by atoms with van der Waals surface area (Å²) in [5.41, 5.74) is -5.45. The summed E-state index contributed by atoms with van der Waals surface area (Å²) in [6, 6.07) is 5.94. The van der Waals surface area contributed by atoms with Gasteiger partial charge in [-0.05, 0) is 49.1 Å². The Morgan fingerprint density at radius 3 is 2.09 bits per heavy atom. The lowest BCUT2D eigenvalue weighted by molar-refractivity contribution is -0.210. The molecule has 13 heteroatoms. The SMILES string of the molecule is CC1=C[C@H]2[C@@]3(O)[C@H](C)[C@@H](O)[C@]4(OC(=O)N(C)CCCCCCCCCCCCN(C)C(=O)c5cc6ccc(O)cc6oc5=O)[C@H]([C@@H]3C=C(CO)C[C@]2(O)C1=O)C4(C)C. The number of aromatic hydroxyl groups is 1. The molecule has 13 nitrogen and oxygen atoms in total. The highest BCUT2D eigenvalue weighted by molar-refractivity contribution is 6.05. The van der Waals surface area contributed by atoms with E-state index in [-0.39, 0.29) is 29.2 Å². The second kappa shape index (κ2) is 16.5. The van der Waals surface area contributed by atoms with Gasteiger partial charge in [0.2, 0.25) is 0 Å². The lowest BCUT2D eigenvalue weighted by Crippen LogP contribution is -2.65. The molecule has 0 saturated heterocycles. The molecule has 8 atom stereocenters. The molecule has 2 amide bonds. The van der Waals surface area contributed by atoms with E-state index in [1.807, 2.05) is 13.8 Å². The molecule has 0 spiro atoms. The van der Waals surface area contributed by atoms with Crippen molar-refractivity contribution in [2.24, 2.45) is 29.1 Å². The average Bonchev–Trinajstić information content (AvgIpc) is 3.62. The number of carbonyl (C=O) groups is 3. The van der Waals surface area contributed by atoms with Gasteiger partial charge in [-0.2, -0.15) is 0 Å². The van der Waals surface area contributed by atoms with E-state index in [0.717, 1.165) is 64.2 Å². The first-order chi connectivity index (χ1) is 27.4. The fraction of sp³-hybridized carbons (Fsp3) is 0.644. The van der Waals surface area contributed by atoms with Gasteiger partial charge in [0.15, 0.2) is 5.78 Å². The smallest absolute Gasteiger partial charge is 0.410 e. The molecule has 0 aliphatic heterocycles. The Morgan fingerprint density at radius 1 is 0.897 bits per heavy atom. The Labute approximate surface area is 340 Å². The number of ether oxygens (including phenoxy) is 1. The average molecular weight is 807 g/mol. The highest BCUT2D eigenvalue weighted by Crippen LogP contribution is 2.76. The number of phenols is 1. The Balaban J connectivity index is 0.895. The van der Waals surface area contributed by atoms with Crippen LogP contribution in [0.25, 0.3) is 11.0 Å². The molecule has 2 fully saturated rings. The third-order valence-corrected chi connectivity index (χ3v) is 14.1. The molecule has 0 bridgehead atoms. The normalized spacial score (nSPS) is 30.7. The van der Waals surface area contributed by atoms with E-state index in [9.17, 15) is 44.7 Å². The van der Waals surface area contributed by atoms with Crippen molar-refractivity contribution in [3.05, 3.63) is 63.5 Å². The number of hydrogen-bond donors (Lipinski definition) is 5. The lowest BCUT2D eigenvalue weighted by Gasteiger charge is -2.52. The van der Waals surface area contributed by atoms with Crippen molar-refractivity contribution in [3.63, 3.8) is 0 Å². The number of amides is 2. The van der Waals surface area contributed by atoms with Crippen LogP contribution in [0.5, 0.6) is 5.75 Å². The number of unbranched alkanes of at least 4 members (excludes halogenated alkanes) is 9. The predicted octanol–water partition coefficient (Wildman–Crippen LogP) is 5.49. The van der Waals surface area contributed by atoms with Gasteiger partial charge >= 0.3 is 11.7 Å². The molecule has 2 aromatic rings. The summed E-state index contributed by atoms with van der Waals surface area (Å²) >= 11 is 0. The number of nitrogens with zero attached hydrogens (tertiary/aromatic N) is 2. The lowest BCUT2D eigenvalue weighted by atomic mass is 9.59. The van der Waals surface area contributed by atoms with Gasteiger partial charge < -0.3 is 44.5 Å². The molecule has 2 saturated carbocycles. The van der Waals surface area contributed by atoms with Gasteiger partial charge in [0, 0.05) is 74.1 Å². The molecular weight excluding hydrogens is 744 g/mol. The number of hydrogen-bond acceptors (Lipinski definition) is 11. The fourth-order valence-electron chi connectivity index (χ4n) is 10.7. The van der Waals surface area contributed by atoms with Crippen LogP contribution < -0.4 is 5.63 Å². The molecule has 0 unspecified atom stereocenters. The monoisotopic (exact) mass is 806 g/mol. The summed E-state index contributed by atoms with van der Waals surface area (Å²) in [5.74, 6) is -3.98. The molecule has 1 heterocycles. The van der Waals surface area contributed by atoms with Crippen LogP contribution in [0.2, 0.25) is 0 Å². The third kappa shape index (κ3) is 7.41. The maximum Gasteiger partial charge on any atom is 0.410 e. The van der Waals surface area contributed by atoms with Crippen LogP contribution in [-0.4, -0.2) is 110 Å². The van der Waals surface area contributed by atoms with Crippen molar-refractivity contribution in [2.75, 3.05) is 33.8 Å². The highest BCUT2D eigenvalue weighted by atomic mass is 16.6. The van der Waals surface area contributed by atoms with Crippen LogP contribution in [0.15, 0.2) is 56.8 Å². The van der Waals surface area contributed by atoms with Crippen molar-refractivity contribution in [1.82, 2.24) is 9.80 Å². The van der Waals surface area contributed by atoms with Gasteiger partial charge in [0.1, 0.15) is 34.2 Å². The van der Waals surface area contributed by atoms with E-state index >= 15 is 0 Å². The van der Waals surface area contributed by atoms with Crippen LogP contribution >= 0.6 is 0 Å². The van der Waals surface area contributed by atoms with Crippen molar-refractivity contribution in [2.45, 2.75) is 121 Å². The number of Topliss-reactive ketones (excluding diaryl/α,β-unsaturated/α-hetero) is 1. The topological polar surface area (TPSA) is 198 Å². The van der Waals surface area contributed by atoms with Gasteiger partial charge in [-0.25, -0.2) is 9.59 Å². The zero-order chi connectivity index (χ0) is 42.4. The summed E-state index contributed by atoms with van der Waals surface area (Å²) in [7, 11) is 3.37. The summed E-state index contributed by atoms with van der Waals surface area (Å²) in [4.78, 5) is 55.1. The Bertz CT molecular complexity index is 2020. The number of phenolic OH excluding ortho intramolecular Hbond substituents is 1. The Kier molecular flexibility index (Phi) is 12.4. The highest BCUT2D eigenvalue weighted by Gasteiger charge is 2.86. The summed E-state index contributed by atoms with van der Waals surface area (Å²) in [6.45, 7) is 7.72. The fourth-order valence-corrected chi connectivity index (χ4v) is 10.7. The number of carbonyl (C=O) groups excluding carboxylic acids is 3. The zero-order valence-corrected chi connectivity index (χ0v) is 34.8. The summed E-state index contributed by atoms with van der Waals surface area (Å²) < 4.78 is 11.5. The predicted molar refractivity (Wildman–Crippen MR) is 217 cm³/mol. The minimum Gasteiger partial charge on any atom is -0.508 e. The maximum absolute atomic E-state index is 13.6. The van der Waals surface area contributed by atoms with Crippen LogP contribution in [0.4, 0.5) is 4.79 Å². The molecule has 6 rings (SSSR count). The number of benzene rings is 1. The van der Waals surface area contributed by atoms with Gasteiger partial charge in [0.25, 0.3) is 5.91 Å². The second-order valence-corrected chi connectivity index (χ2v) is 18.1. The van der Waals surface area contributed by atoms with E-state index in [1.54, 1.807) is 51.1 Å². The minimum absolute atomic E-state index is 0.0171. The first-order valence-electron chi connectivity index (χ1n) is 21.0. The Morgan fingerprint density at radius 2 is 1.48 bits per heavy atom. The van der Waals surface area contributed by atoms with Crippen molar-refractivity contribution in [1.29, 1.82) is 0 Å². The van der Waals surface area contributed by atoms with Crippen LogP contribution in [0, 0.1) is 29.1 Å². The van der Waals surface area contributed by atoms with Crippen molar-refractivity contribution < 1.29 is 49.1 Å². The number of aliphatic hydroxyl groups excluding tert-OH is 2. The van der Waals surface area contributed by atoms with E-state index in [0.29, 0.717) is 29.6 Å². The molecule has 58 heavy (non-hydrogen) atoms. The van der Waals surface area contributed by atoms with E-state index in [1.165, 1.54) is 23.1 Å². The summed E-state index contributed by atoms with van der Waals surface area (Å²) in [6.07, 6.45) is 11.5. The first-order valence-corrected chi connectivity index (χ1v) is 21.0. The molecule has 1 aromatic heterocycles. The van der Waals surface area contributed by atoms with Crippen LogP contribution in [0.3, 0.4) is 0 Å². The van der Waals surface area contributed by atoms with Crippen molar-refractivity contribution >= 4 is 28.8 Å². The van der Waals surface area contributed by atoms with Crippen LogP contribution in [0.1, 0.15) is 109 Å².